The highest BCUT2D eigenvalue weighted by Gasteiger charge is 2.16. The van der Waals surface area contributed by atoms with Crippen LogP contribution in [0, 0.1) is 6.92 Å². The Morgan fingerprint density at radius 1 is 0.963 bits per heavy atom. The monoisotopic (exact) mass is 376 g/mol. The third-order valence-corrected chi connectivity index (χ3v) is 4.14. The Hall–Kier alpha value is -3.25. The molecule has 0 saturated heterocycles. The number of hydrogen-bond donors (Lipinski definition) is 3. The lowest BCUT2D eigenvalue weighted by molar-refractivity contribution is 0.0934. The Morgan fingerprint density at radius 3 is 2.37 bits per heavy atom. The highest BCUT2D eigenvalue weighted by Crippen LogP contribution is 2.12. The molecule has 6 heteroatoms. The van der Waals surface area contributed by atoms with Gasteiger partial charge in [-0.2, -0.15) is 0 Å². The van der Waals surface area contributed by atoms with Crippen LogP contribution in [-0.4, -0.2) is 16.0 Å². The van der Waals surface area contributed by atoms with E-state index in [0.29, 0.717) is 10.7 Å². The molecule has 136 valence electrons. The van der Waals surface area contributed by atoms with Crippen molar-refractivity contribution in [2.45, 2.75) is 13.1 Å². The van der Waals surface area contributed by atoms with Crippen LogP contribution in [0.15, 0.2) is 79.1 Å². The maximum atomic E-state index is 12.7. The van der Waals surface area contributed by atoms with E-state index >= 15 is 0 Å². The molecule has 5 nitrogen and oxygen atoms in total. The van der Waals surface area contributed by atoms with Crippen molar-refractivity contribution in [1.29, 1.82) is 0 Å². The lowest BCUT2D eigenvalue weighted by atomic mass is 10.1. The summed E-state index contributed by atoms with van der Waals surface area (Å²) in [6, 6.07) is 20.7. The van der Waals surface area contributed by atoms with Gasteiger partial charge in [0.05, 0.1) is 11.9 Å². The Kier molecular flexibility index (Phi) is 6.12. The van der Waals surface area contributed by atoms with E-state index in [1.807, 2.05) is 61.5 Å². The molecule has 2 aromatic carbocycles. The van der Waals surface area contributed by atoms with Crippen molar-refractivity contribution in [2.75, 3.05) is 5.32 Å². The number of rotatable bonds is 5. The van der Waals surface area contributed by atoms with Crippen LogP contribution in [0.4, 0.5) is 5.69 Å². The van der Waals surface area contributed by atoms with Gasteiger partial charge in [-0.05, 0) is 49.0 Å². The molecule has 0 aliphatic carbocycles. The van der Waals surface area contributed by atoms with Crippen LogP contribution in [0.2, 0.25) is 0 Å². The fourth-order valence-electron chi connectivity index (χ4n) is 2.50. The number of nitrogens with zero attached hydrogens (tertiary/aromatic N) is 1. The summed E-state index contributed by atoms with van der Waals surface area (Å²) < 4.78 is 0. The summed E-state index contributed by atoms with van der Waals surface area (Å²) in [6.07, 6.45) is 2.89. The van der Waals surface area contributed by atoms with Gasteiger partial charge in [0.1, 0.15) is 6.17 Å². The molecule has 1 heterocycles. The van der Waals surface area contributed by atoms with Crippen molar-refractivity contribution in [2.24, 2.45) is 0 Å². The van der Waals surface area contributed by atoms with Crippen LogP contribution >= 0.6 is 12.2 Å². The van der Waals surface area contributed by atoms with Crippen LogP contribution in [0.5, 0.6) is 0 Å². The second kappa shape index (κ2) is 8.91. The van der Waals surface area contributed by atoms with Gasteiger partial charge >= 0.3 is 0 Å². The van der Waals surface area contributed by atoms with Gasteiger partial charge in [0.2, 0.25) is 0 Å². The molecule has 1 aromatic heterocycles. The zero-order valence-electron chi connectivity index (χ0n) is 14.8. The number of nitrogens with one attached hydrogen (secondary N) is 3. The molecule has 3 rings (SSSR count). The molecule has 0 aliphatic rings. The number of aryl methyl sites for hydroxylation is 1. The molecule has 0 radical (unpaired) electrons. The number of benzene rings is 2. The molecule has 27 heavy (non-hydrogen) atoms. The third-order valence-electron chi connectivity index (χ3n) is 3.92. The Morgan fingerprint density at radius 2 is 1.70 bits per heavy atom. The molecular weight excluding hydrogens is 356 g/mol. The Balaban J connectivity index is 1.74. The number of hydrogen-bond acceptors (Lipinski definition) is 3. The minimum atomic E-state index is -0.475. The number of thiocarbonyl (C=S) groups is 1. The molecule has 3 N–H and O–H groups in total. The maximum absolute atomic E-state index is 12.7. The number of amides is 1. The first-order valence-electron chi connectivity index (χ1n) is 8.52. The van der Waals surface area contributed by atoms with Gasteiger partial charge in [0.15, 0.2) is 5.11 Å². The number of pyridine rings is 1. The molecule has 1 amide bonds. The van der Waals surface area contributed by atoms with Crippen molar-refractivity contribution in [3.63, 3.8) is 0 Å². The maximum Gasteiger partial charge on any atom is 0.253 e. The predicted molar refractivity (Wildman–Crippen MR) is 111 cm³/mol. The van der Waals surface area contributed by atoms with E-state index in [1.54, 1.807) is 24.5 Å². The lowest BCUT2D eigenvalue weighted by Gasteiger charge is -2.22. The summed E-state index contributed by atoms with van der Waals surface area (Å²) in [7, 11) is 0. The first-order valence-corrected chi connectivity index (χ1v) is 8.92. The summed E-state index contributed by atoms with van der Waals surface area (Å²) in [5, 5.41) is 9.61. The van der Waals surface area contributed by atoms with Crippen molar-refractivity contribution in [1.82, 2.24) is 15.6 Å². The summed E-state index contributed by atoms with van der Waals surface area (Å²) in [4.78, 5) is 16.7. The summed E-state index contributed by atoms with van der Waals surface area (Å²) in [5.74, 6) is -0.180. The fraction of sp³-hybridized carbons (Fsp3) is 0.0952. The van der Waals surface area contributed by atoms with Crippen LogP contribution in [-0.2, 0) is 0 Å². The van der Waals surface area contributed by atoms with E-state index in [1.165, 1.54) is 0 Å². The number of carbonyl (C=O) groups is 1. The van der Waals surface area contributed by atoms with E-state index in [-0.39, 0.29) is 5.91 Å². The summed E-state index contributed by atoms with van der Waals surface area (Å²) >= 11 is 5.40. The van der Waals surface area contributed by atoms with Crippen LogP contribution in [0.3, 0.4) is 0 Å². The SMILES string of the molecule is Cc1ccc(C(=O)NC(NC(=S)Nc2cccnc2)c2ccccc2)cc1. The van der Waals surface area contributed by atoms with Gasteiger partial charge in [0.25, 0.3) is 5.91 Å². The zero-order chi connectivity index (χ0) is 19.1. The van der Waals surface area contributed by atoms with E-state index in [2.05, 4.69) is 20.9 Å². The van der Waals surface area contributed by atoms with Gasteiger partial charge < -0.3 is 16.0 Å². The molecule has 0 saturated carbocycles. The standard InChI is InChI=1S/C21H20N4OS/c1-15-9-11-17(12-10-15)20(26)24-19(16-6-3-2-4-7-16)25-21(27)23-18-8-5-13-22-14-18/h2-14,19H,1H3,(H,24,26)(H2,23,25,27). The van der Waals surface area contributed by atoms with Crippen molar-refractivity contribution < 1.29 is 4.79 Å². The van der Waals surface area contributed by atoms with Crippen molar-refractivity contribution in [3.05, 3.63) is 95.8 Å². The molecule has 3 aromatic rings. The molecule has 0 bridgehead atoms. The molecule has 0 fully saturated rings. The average molecular weight is 376 g/mol. The average Bonchev–Trinajstić information content (AvgIpc) is 2.69. The molecule has 0 spiro atoms. The van der Waals surface area contributed by atoms with Crippen LogP contribution < -0.4 is 16.0 Å². The fourth-order valence-corrected chi connectivity index (χ4v) is 2.74. The zero-order valence-corrected chi connectivity index (χ0v) is 15.7. The third kappa shape index (κ3) is 5.36. The van der Waals surface area contributed by atoms with Crippen molar-refractivity contribution in [3.8, 4) is 0 Å². The molecular formula is C21H20N4OS. The quantitative estimate of drug-likeness (QED) is 0.467. The Labute approximate surface area is 163 Å². The van der Waals surface area contributed by atoms with Gasteiger partial charge in [0, 0.05) is 11.8 Å². The Bertz CT molecular complexity index is 898. The van der Waals surface area contributed by atoms with E-state index in [9.17, 15) is 4.79 Å². The number of aromatic nitrogens is 1. The highest BCUT2D eigenvalue weighted by molar-refractivity contribution is 7.80. The minimum Gasteiger partial charge on any atom is -0.338 e. The largest absolute Gasteiger partial charge is 0.338 e. The van der Waals surface area contributed by atoms with Crippen molar-refractivity contribution >= 4 is 28.9 Å². The van der Waals surface area contributed by atoms with Gasteiger partial charge in [-0.25, -0.2) is 0 Å². The lowest BCUT2D eigenvalue weighted by Crippen LogP contribution is -2.42. The number of anilines is 1. The normalized spacial score (nSPS) is 11.3. The predicted octanol–water partition coefficient (Wildman–Crippen LogP) is 3.81. The van der Waals surface area contributed by atoms with E-state index in [4.69, 9.17) is 12.2 Å². The van der Waals surface area contributed by atoms with Gasteiger partial charge in [-0.15, -0.1) is 0 Å². The smallest absolute Gasteiger partial charge is 0.253 e. The first kappa shape index (κ1) is 18.5. The minimum absolute atomic E-state index is 0.180. The van der Waals surface area contributed by atoms with Crippen LogP contribution in [0.1, 0.15) is 27.7 Å². The second-order valence-corrected chi connectivity index (χ2v) is 6.43. The van der Waals surface area contributed by atoms with Crippen LogP contribution in [0.25, 0.3) is 0 Å². The van der Waals surface area contributed by atoms with E-state index in [0.717, 1.165) is 16.8 Å². The second-order valence-electron chi connectivity index (χ2n) is 6.02. The highest BCUT2D eigenvalue weighted by atomic mass is 32.1. The first-order chi connectivity index (χ1) is 13.1. The topological polar surface area (TPSA) is 66.1 Å². The van der Waals surface area contributed by atoms with E-state index < -0.39 is 6.17 Å². The summed E-state index contributed by atoms with van der Waals surface area (Å²) in [6.45, 7) is 1.98. The molecule has 1 unspecified atom stereocenters. The van der Waals surface area contributed by atoms with Gasteiger partial charge in [-0.1, -0.05) is 48.0 Å². The van der Waals surface area contributed by atoms with Gasteiger partial charge in [-0.3, -0.25) is 9.78 Å². The molecule has 0 aliphatic heterocycles. The summed E-state index contributed by atoms with van der Waals surface area (Å²) in [5.41, 5.74) is 3.36. The molecule has 1 atom stereocenters. The number of carbonyl (C=O) groups excluding carboxylic acids is 1.